The predicted octanol–water partition coefficient (Wildman–Crippen LogP) is 4.82. The van der Waals surface area contributed by atoms with Crippen molar-refractivity contribution in [3.8, 4) is 11.5 Å². The summed E-state index contributed by atoms with van der Waals surface area (Å²) in [6, 6.07) is 17.0. The number of ether oxygens (including phenoxy) is 1. The Morgan fingerprint density at radius 3 is 2.34 bits per heavy atom. The molecule has 1 atom stereocenters. The zero-order chi connectivity index (χ0) is 21.0. The molecule has 0 saturated carbocycles. The maximum atomic E-state index is 12.5. The maximum absolute atomic E-state index is 12.5. The summed E-state index contributed by atoms with van der Waals surface area (Å²) in [6.45, 7) is 4.06. The van der Waals surface area contributed by atoms with Crippen LogP contribution < -0.4 is 10.4 Å². The normalized spacial score (nSPS) is 12.0. The molecule has 1 heterocycles. The number of para-hydroxylation sites is 1. The van der Waals surface area contributed by atoms with Crippen LogP contribution in [0.25, 0.3) is 0 Å². The fourth-order valence-corrected chi connectivity index (χ4v) is 3.81. The average molecular weight is 412 g/mol. The quantitative estimate of drug-likeness (QED) is 0.574. The molecule has 0 amide bonds. The van der Waals surface area contributed by atoms with Crippen molar-refractivity contribution < 1.29 is 24.2 Å². The van der Waals surface area contributed by atoms with E-state index in [0.29, 0.717) is 5.75 Å². The molecular formula is C22H20O6S. The van der Waals surface area contributed by atoms with Gasteiger partial charge in [-0.05, 0) is 29.7 Å². The molecule has 1 aromatic heterocycles. The number of aliphatic carboxylic acids is 1. The maximum Gasteiger partial charge on any atom is 0.354 e. The fourth-order valence-electron chi connectivity index (χ4n) is 2.74. The molecule has 0 saturated heterocycles. The summed E-state index contributed by atoms with van der Waals surface area (Å²) in [4.78, 5) is 25.0. The van der Waals surface area contributed by atoms with E-state index in [4.69, 9.17) is 9.15 Å². The topological polar surface area (TPSA) is 97.0 Å². The van der Waals surface area contributed by atoms with Crippen LogP contribution >= 0.6 is 11.8 Å². The summed E-state index contributed by atoms with van der Waals surface area (Å²) in [5, 5.41) is 19.9. The molecule has 1 unspecified atom stereocenters. The van der Waals surface area contributed by atoms with Crippen molar-refractivity contribution >= 4 is 17.7 Å². The van der Waals surface area contributed by atoms with Crippen LogP contribution in [0.1, 0.15) is 37.2 Å². The molecule has 2 N–H and O–H groups in total. The van der Waals surface area contributed by atoms with Gasteiger partial charge in [-0.25, -0.2) is 9.59 Å². The van der Waals surface area contributed by atoms with Crippen molar-refractivity contribution in [3.63, 3.8) is 0 Å². The minimum Gasteiger partial charge on any atom is -0.506 e. The van der Waals surface area contributed by atoms with E-state index in [1.807, 2.05) is 38.1 Å². The highest BCUT2D eigenvalue weighted by Crippen LogP contribution is 2.37. The third kappa shape index (κ3) is 4.81. The zero-order valence-corrected chi connectivity index (χ0v) is 16.7. The molecule has 0 aliphatic rings. The van der Waals surface area contributed by atoms with E-state index in [1.165, 1.54) is 0 Å². The van der Waals surface area contributed by atoms with Crippen LogP contribution in [0.5, 0.6) is 11.5 Å². The van der Waals surface area contributed by atoms with Gasteiger partial charge in [-0.2, -0.15) is 0 Å². The molecule has 0 spiro atoms. The number of aromatic hydroxyl groups is 1. The summed E-state index contributed by atoms with van der Waals surface area (Å²) in [5.41, 5.74) is 0.197. The number of carboxylic acid groups (broad SMARTS) is 1. The van der Waals surface area contributed by atoms with Gasteiger partial charge in [0.2, 0.25) is 0 Å². The number of carboxylic acids is 1. The second kappa shape index (κ2) is 8.87. The summed E-state index contributed by atoms with van der Waals surface area (Å²) < 4.78 is 10.6. The van der Waals surface area contributed by atoms with Crippen LogP contribution in [-0.4, -0.2) is 16.2 Å². The lowest BCUT2D eigenvalue weighted by molar-refractivity contribution is -0.146. The first kappa shape index (κ1) is 20.5. The van der Waals surface area contributed by atoms with Crippen molar-refractivity contribution in [2.24, 2.45) is 0 Å². The Labute approximate surface area is 171 Å². The van der Waals surface area contributed by atoms with Crippen molar-refractivity contribution in [2.45, 2.75) is 35.7 Å². The third-order valence-corrected chi connectivity index (χ3v) is 5.31. The van der Waals surface area contributed by atoms with Crippen molar-refractivity contribution in [3.05, 3.63) is 82.4 Å². The first-order chi connectivity index (χ1) is 13.9. The van der Waals surface area contributed by atoms with E-state index in [0.717, 1.165) is 28.3 Å². The van der Waals surface area contributed by atoms with Gasteiger partial charge in [-0.3, -0.25) is 0 Å². The third-order valence-electron chi connectivity index (χ3n) is 4.14. The summed E-state index contributed by atoms with van der Waals surface area (Å²) >= 11 is 1.08. The molecule has 150 valence electrons. The van der Waals surface area contributed by atoms with Gasteiger partial charge in [0.15, 0.2) is 5.76 Å². The van der Waals surface area contributed by atoms with Crippen molar-refractivity contribution in [1.82, 2.24) is 0 Å². The van der Waals surface area contributed by atoms with Gasteiger partial charge in [0, 0.05) is 11.0 Å². The molecule has 3 rings (SSSR count). The summed E-state index contributed by atoms with van der Waals surface area (Å²) in [6.07, 6.45) is -1.57. The van der Waals surface area contributed by atoms with Gasteiger partial charge in [0.05, 0.1) is 0 Å². The SMILES string of the molecule is CC(C)c1ccccc1Sc1c(O)cc(C(Oc2ccccc2)C(=O)O)oc1=O. The highest BCUT2D eigenvalue weighted by Gasteiger charge is 2.27. The lowest BCUT2D eigenvalue weighted by Gasteiger charge is -2.15. The zero-order valence-electron chi connectivity index (χ0n) is 15.9. The lowest BCUT2D eigenvalue weighted by atomic mass is 10.0. The van der Waals surface area contributed by atoms with Crippen molar-refractivity contribution in [1.29, 1.82) is 0 Å². The van der Waals surface area contributed by atoms with Gasteiger partial charge < -0.3 is 19.4 Å². The molecule has 6 nitrogen and oxygen atoms in total. The van der Waals surface area contributed by atoms with Gasteiger partial charge in [0.1, 0.15) is 16.4 Å². The van der Waals surface area contributed by atoms with Crippen LogP contribution in [0, 0.1) is 0 Å². The summed E-state index contributed by atoms with van der Waals surface area (Å²) in [5.74, 6) is -1.47. The Morgan fingerprint density at radius 2 is 1.72 bits per heavy atom. The second-order valence-corrected chi connectivity index (χ2v) is 7.65. The standard InChI is InChI=1S/C22H20O6S/c1-13(2)15-10-6-7-11-18(15)29-20-16(23)12-17(28-22(20)26)19(21(24)25)27-14-8-4-3-5-9-14/h3-13,19,23H,1-2H3,(H,24,25). The summed E-state index contributed by atoms with van der Waals surface area (Å²) in [7, 11) is 0. The Morgan fingerprint density at radius 1 is 1.07 bits per heavy atom. The molecule has 3 aromatic rings. The molecule has 7 heteroatoms. The Hall–Kier alpha value is -3.19. The molecule has 0 radical (unpaired) electrons. The number of rotatable bonds is 7. The van der Waals surface area contributed by atoms with Crippen molar-refractivity contribution in [2.75, 3.05) is 0 Å². The average Bonchev–Trinajstić information content (AvgIpc) is 2.69. The second-order valence-electron chi connectivity index (χ2n) is 6.59. The van der Waals surface area contributed by atoms with E-state index in [9.17, 15) is 19.8 Å². The smallest absolute Gasteiger partial charge is 0.354 e. The van der Waals surface area contributed by atoms with Gasteiger partial charge in [-0.1, -0.05) is 62.0 Å². The molecule has 0 fully saturated rings. The van der Waals surface area contributed by atoms with Crippen LogP contribution in [-0.2, 0) is 4.79 Å². The van der Waals surface area contributed by atoms with Crippen LogP contribution in [0.2, 0.25) is 0 Å². The predicted molar refractivity (Wildman–Crippen MR) is 109 cm³/mol. The fraction of sp³-hybridized carbons (Fsp3) is 0.182. The molecule has 2 aromatic carbocycles. The largest absolute Gasteiger partial charge is 0.506 e. The van der Waals surface area contributed by atoms with Crippen LogP contribution in [0.15, 0.2) is 79.7 Å². The van der Waals surface area contributed by atoms with E-state index >= 15 is 0 Å². The van der Waals surface area contributed by atoms with Crippen LogP contribution in [0.3, 0.4) is 0 Å². The highest BCUT2D eigenvalue weighted by atomic mass is 32.2. The monoisotopic (exact) mass is 412 g/mol. The first-order valence-electron chi connectivity index (χ1n) is 8.95. The molecule has 0 aliphatic carbocycles. The Kier molecular flexibility index (Phi) is 6.29. The number of hydrogen-bond acceptors (Lipinski definition) is 6. The minimum absolute atomic E-state index is 0.00861. The number of benzene rings is 2. The molecule has 29 heavy (non-hydrogen) atoms. The van der Waals surface area contributed by atoms with E-state index in [1.54, 1.807) is 30.3 Å². The molecule has 0 aliphatic heterocycles. The van der Waals surface area contributed by atoms with Gasteiger partial charge in [0.25, 0.3) is 6.10 Å². The number of hydrogen-bond donors (Lipinski definition) is 2. The van der Waals surface area contributed by atoms with Gasteiger partial charge in [-0.15, -0.1) is 0 Å². The van der Waals surface area contributed by atoms with Gasteiger partial charge >= 0.3 is 11.6 Å². The molecular weight excluding hydrogens is 392 g/mol. The molecule has 0 bridgehead atoms. The minimum atomic E-state index is -1.57. The Balaban J connectivity index is 1.94. The highest BCUT2D eigenvalue weighted by molar-refractivity contribution is 7.99. The van der Waals surface area contributed by atoms with E-state index in [2.05, 4.69) is 0 Å². The van der Waals surface area contributed by atoms with Crippen LogP contribution in [0.4, 0.5) is 0 Å². The Bertz CT molecular complexity index is 1060. The number of carbonyl (C=O) groups is 1. The van der Waals surface area contributed by atoms with E-state index in [-0.39, 0.29) is 22.3 Å². The first-order valence-corrected chi connectivity index (χ1v) is 9.76. The van der Waals surface area contributed by atoms with E-state index < -0.39 is 17.7 Å². The lowest BCUT2D eigenvalue weighted by Crippen LogP contribution is -2.20.